The summed E-state index contributed by atoms with van der Waals surface area (Å²) in [6.45, 7) is 0.651. The summed E-state index contributed by atoms with van der Waals surface area (Å²) in [6.07, 6.45) is 1.31. The van der Waals surface area contributed by atoms with E-state index in [2.05, 4.69) is 10.6 Å². The molecule has 6 nitrogen and oxygen atoms in total. The van der Waals surface area contributed by atoms with E-state index in [1.807, 2.05) is 0 Å². The number of carboxylic acid groups (broad SMARTS) is 1. The van der Waals surface area contributed by atoms with Crippen LogP contribution in [0.15, 0.2) is 0 Å². The summed E-state index contributed by atoms with van der Waals surface area (Å²) in [6, 6.07) is 0.366. The van der Waals surface area contributed by atoms with Gasteiger partial charge in [-0.3, -0.25) is 9.59 Å². The molecule has 0 bridgehead atoms. The molecule has 0 aliphatic heterocycles. The van der Waals surface area contributed by atoms with E-state index < -0.39 is 12.1 Å². The molecule has 1 amide bonds. The maximum Gasteiger partial charge on any atom is 0.306 e. The Hall–Kier alpha value is -1.14. The van der Waals surface area contributed by atoms with E-state index in [4.69, 9.17) is 5.11 Å². The summed E-state index contributed by atoms with van der Waals surface area (Å²) < 4.78 is 0. The van der Waals surface area contributed by atoms with E-state index in [1.54, 1.807) is 0 Å². The number of hydrogen-bond donors (Lipinski definition) is 4. The highest BCUT2D eigenvalue weighted by Gasteiger charge is 2.22. The fraction of sp³-hybridized carbons (Fsp3) is 0.800. The van der Waals surface area contributed by atoms with Gasteiger partial charge in [0.15, 0.2) is 0 Å². The minimum absolute atomic E-state index is 0.00252. The van der Waals surface area contributed by atoms with Crippen molar-refractivity contribution in [3.8, 4) is 0 Å². The number of rotatable bonds is 8. The first-order valence-electron chi connectivity index (χ1n) is 5.48. The molecule has 1 atom stereocenters. The van der Waals surface area contributed by atoms with Crippen LogP contribution in [-0.4, -0.2) is 47.3 Å². The lowest BCUT2D eigenvalue weighted by atomic mass is 10.2. The van der Waals surface area contributed by atoms with E-state index in [0.29, 0.717) is 19.0 Å². The summed E-state index contributed by atoms with van der Waals surface area (Å²) in [7, 11) is 0. The van der Waals surface area contributed by atoms with Gasteiger partial charge in [-0.15, -0.1) is 0 Å². The monoisotopic (exact) mass is 230 g/mol. The van der Waals surface area contributed by atoms with Gasteiger partial charge in [-0.1, -0.05) is 0 Å². The number of carbonyl (C=O) groups is 2. The minimum atomic E-state index is -1.03. The Morgan fingerprint density at radius 2 is 2.06 bits per heavy atom. The van der Waals surface area contributed by atoms with Crippen molar-refractivity contribution in [2.75, 3.05) is 13.1 Å². The molecule has 1 rings (SSSR count). The van der Waals surface area contributed by atoms with Crippen molar-refractivity contribution in [3.05, 3.63) is 0 Å². The number of nitrogens with one attached hydrogen (secondary N) is 2. The van der Waals surface area contributed by atoms with Crippen LogP contribution in [0.25, 0.3) is 0 Å². The fourth-order valence-electron chi connectivity index (χ4n) is 1.27. The summed E-state index contributed by atoms with van der Waals surface area (Å²) in [5.74, 6) is -1.02. The van der Waals surface area contributed by atoms with Crippen LogP contribution < -0.4 is 10.6 Å². The Morgan fingerprint density at radius 1 is 1.38 bits per heavy atom. The first kappa shape index (κ1) is 12.9. The van der Waals surface area contributed by atoms with Crippen LogP contribution in [0.4, 0.5) is 0 Å². The van der Waals surface area contributed by atoms with E-state index in [0.717, 1.165) is 12.8 Å². The molecule has 4 N–H and O–H groups in total. The van der Waals surface area contributed by atoms with Crippen molar-refractivity contribution in [2.45, 2.75) is 37.8 Å². The van der Waals surface area contributed by atoms with Crippen LogP contribution in [0.1, 0.15) is 25.7 Å². The number of hydrogen-bond acceptors (Lipinski definition) is 4. The van der Waals surface area contributed by atoms with Crippen LogP contribution in [0.2, 0.25) is 0 Å². The van der Waals surface area contributed by atoms with Gasteiger partial charge in [0.05, 0.1) is 12.5 Å². The molecule has 0 spiro atoms. The van der Waals surface area contributed by atoms with Crippen molar-refractivity contribution in [3.63, 3.8) is 0 Å². The van der Waals surface area contributed by atoms with Crippen LogP contribution in [0.3, 0.4) is 0 Å². The average molecular weight is 230 g/mol. The number of aliphatic carboxylic acids is 1. The second-order valence-corrected chi connectivity index (χ2v) is 4.05. The fourth-order valence-corrected chi connectivity index (χ4v) is 1.27. The van der Waals surface area contributed by atoms with Gasteiger partial charge in [0.1, 0.15) is 0 Å². The summed E-state index contributed by atoms with van der Waals surface area (Å²) in [5, 5.41) is 23.3. The molecule has 0 aromatic rings. The Morgan fingerprint density at radius 3 is 2.62 bits per heavy atom. The van der Waals surface area contributed by atoms with Crippen LogP contribution in [-0.2, 0) is 9.59 Å². The lowest BCUT2D eigenvalue weighted by Gasteiger charge is -2.09. The van der Waals surface area contributed by atoms with Gasteiger partial charge in [-0.05, 0) is 12.8 Å². The number of carbonyl (C=O) groups excluding carboxylic acids is 1. The zero-order valence-electron chi connectivity index (χ0n) is 9.11. The molecular formula is C10H18N2O4. The predicted molar refractivity (Wildman–Crippen MR) is 56.9 cm³/mol. The topological polar surface area (TPSA) is 98.7 Å². The highest BCUT2D eigenvalue weighted by Crippen LogP contribution is 2.18. The maximum absolute atomic E-state index is 11.2. The predicted octanol–water partition coefficient (Wildman–Crippen LogP) is -0.920. The Balaban J connectivity index is 1.93. The van der Waals surface area contributed by atoms with Gasteiger partial charge < -0.3 is 20.8 Å². The van der Waals surface area contributed by atoms with Gasteiger partial charge in [-0.2, -0.15) is 0 Å². The average Bonchev–Trinajstić information content (AvgIpc) is 2.95. The quantitative estimate of drug-likeness (QED) is 0.404. The van der Waals surface area contributed by atoms with Gasteiger partial charge >= 0.3 is 5.97 Å². The molecule has 1 unspecified atom stereocenters. The highest BCUT2D eigenvalue weighted by atomic mass is 16.4. The number of amides is 1. The standard InChI is InChI=1S/C10H18N2O4/c13-8(5-10(15)16)6-11-4-3-9(14)12-7-1-2-7/h7-8,11,13H,1-6H2,(H,12,14)(H,15,16). The lowest BCUT2D eigenvalue weighted by molar-refractivity contribution is -0.139. The second kappa shape index (κ2) is 6.44. The smallest absolute Gasteiger partial charge is 0.306 e. The molecule has 0 saturated heterocycles. The van der Waals surface area contributed by atoms with E-state index in [-0.39, 0.29) is 18.9 Å². The molecule has 16 heavy (non-hydrogen) atoms. The molecule has 0 aromatic heterocycles. The Labute approximate surface area is 94.0 Å². The van der Waals surface area contributed by atoms with Gasteiger partial charge in [0.2, 0.25) is 5.91 Å². The molecule has 1 fully saturated rings. The Bertz CT molecular complexity index is 253. The molecule has 1 aliphatic rings. The molecule has 6 heteroatoms. The van der Waals surface area contributed by atoms with Crippen molar-refractivity contribution < 1.29 is 19.8 Å². The maximum atomic E-state index is 11.2. The largest absolute Gasteiger partial charge is 0.481 e. The van der Waals surface area contributed by atoms with Crippen molar-refractivity contribution in [1.82, 2.24) is 10.6 Å². The molecule has 0 heterocycles. The number of aliphatic hydroxyl groups excluding tert-OH is 1. The van der Waals surface area contributed by atoms with Gasteiger partial charge in [-0.25, -0.2) is 0 Å². The van der Waals surface area contributed by atoms with Crippen LogP contribution >= 0.6 is 0 Å². The molecule has 0 radical (unpaired) electrons. The normalized spacial score (nSPS) is 16.8. The zero-order valence-corrected chi connectivity index (χ0v) is 9.11. The lowest BCUT2D eigenvalue weighted by Crippen LogP contribution is -2.33. The van der Waals surface area contributed by atoms with Crippen LogP contribution in [0, 0.1) is 0 Å². The SMILES string of the molecule is O=C(O)CC(O)CNCCC(=O)NC1CC1. The summed E-state index contributed by atoms with van der Waals surface area (Å²) in [5.41, 5.74) is 0. The van der Waals surface area contributed by atoms with Crippen molar-refractivity contribution in [1.29, 1.82) is 0 Å². The third-order valence-corrected chi connectivity index (χ3v) is 2.26. The van der Waals surface area contributed by atoms with E-state index >= 15 is 0 Å². The molecule has 0 aromatic carbocycles. The van der Waals surface area contributed by atoms with Gasteiger partial charge in [0.25, 0.3) is 0 Å². The second-order valence-electron chi connectivity index (χ2n) is 4.05. The summed E-state index contributed by atoms with van der Waals surface area (Å²) >= 11 is 0. The van der Waals surface area contributed by atoms with E-state index in [9.17, 15) is 14.7 Å². The molecule has 1 aliphatic carbocycles. The van der Waals surface area contributed by atoms with Crippen molar-refractivity contribution in [2.24, 2.45) is 0 Å². The third kappa shape index (κ3) is 6.36. The summed E-state index contributed by atoms with van der Waals surface area (Å²) in [4.78, 5) is 21.4. The zero-order chi connectivity index (χ0) is 12.0. The number of carboxylic acids is 1. The molecular weight excluding hydrogens is 212 g/mol. The Kier molecular flexibility index (Phi) is 5.21. The highest BCUT2D eigenvalue weighted by molar-refractivity contribution is 5.76. The molecule has 92 valence electrons. The first-order valence-corrected chi connectivity index (χ1v) is 5.48. The van der Waals surface area contributed by atoms with Gasteiger partial charge in [0, 0.05) is 25.6 Å². The minimum Gasteiger partial charge on any atom is -0.481 e. The first-order chi connectivity index (χ1) is 7.58. The number of aliphatic hydroxyl groups is 1. The molecule has 1 saturated carbocycles. The van der Waals surface area contributed by atoms with Crippen molar-refractivity contribution >= 4 is 11.9 Å². The van der Waals surface area contributed by atoms with Crippen LogP contribution in [0.5, 0.6) is 0 Å². The van der Waals surface area contributed by atoms with E-state index in [1.165, 1.54) is 0 Å². The third-order valence-electron chi connectivity index (χ3n) is 2.26.